The molecule has 1 aliphatic carbocycles. The predicted octanol–water partition coefficient (Wildman–Crippen LogP) is 2.76. The molecule has 2 amide bonds. The van der Waals surface area contributed by atoms with Gasteiger partial charge in [-0.25, -0.2) is 0 Å². The molecule has 1 heterocycles. The van der Waals surface area contributed by atoms with Crippen LogP contribution in [-0.2, 0) is 16.1 Å². The molecule has 1 saturated carbocycles. The van der Waals surface area contributed by atoms with Crippen LogP contribution in [0.4, 0.5) is 5.69 Å². The van der Waals surface area contributed by atoms with Crippen molar-refractivity contribution in [1.29, 1.82) is 0 Å². The number of benzene rings is 1. The Hall–Kier alpha value is -2.95. The molecule has 5 heteroatoms. The minimum Gasteiger partial charge on any atom is -0.348 e. The van der Waals surface area contributed by atoms with Gasteiger partial charge in [0.25, 0.3) is 0 Å². The van der Waals surface area contributed by atoms with Crippen LogP contribution < -0.4 is 10.6 Å². The van der Waals surface area contributed by atoms with Crippen LogP contribution in [0.25, 0.3) is 6.08 Å². The Bertz CT molecular complexity index is 752. The standard InChI is InChI=1S/C19H19N3O2/c23-18(7-4-14-8-10-20-11-9-14)21-13-15-2-1-3-17(12-15)22-19(24)16-5-6-16/h1-4,7-12,16H,5-6,13H2,(H,21,23)(H,22,24)/b7-4+. The van der Waals surface area contributed by atoms with E-state index in [1.165, 1.54) is 6.08 Å². The molecule has 0 atom stereocenters. The summed E-state index contributed by atoms with van der Waals surface area (Å²) in [5.74, 6) is 0.0855. The third kappa shape index (κ3) is 4.78. The molecule has 122 valence electrons. The van der Waals surface area contributed by atoms with Crippen molar-refractivity contribution in [2.75, 3.05) is 5.32 Å². The average molecular weight is 321 g/mol. The van der Waals surface area contributed by atoms with Crippen molar-refractivity contribution in [3.05, 3.63) is 66.0 Å². The summed E-state index contributed by atoms with van der Waals surface area (Å²) in [7, 11) is 0. The maximum Gasteiger partial charge on any atom is 0.244 e. The lowest BCUT2D eigenvalue weighted by Crippen LogP contribution is -2.20. The second-order valence-corrected chi connectivity index (χ2v) is 5.80. The summed E-state index contributed by atoms with van der Waals surface area (Å²) in [5.41, 5.74) is 2.63. The van der Waals surface area contributed by atoms with E-state index in [-0.39, 0.29) is 17.7 Å². The molecule has 1 aromatic carbocycles. The lowest BCUT2D eigenvalue weighted by Gasteiger charge is -2.07. The third-order valence-electron chi connectivity index (χ3n) is 3.74. The summed E-state index contributed by atoms with van der Waals surface area (Å²) in [6.07, 6.45) is 8.55. The predicted molar refractivity (Wildman–Crippen MR) is 92.9 cm³/mol. The van der Waals surface area contributed by atoms with Gasteiger partial charge in [-0.3, -0.25) is 14.6 Å². The second-order valence-electron chi connectivity index (χ2n) is 5.80. The van der Waals surface area contributed by atoms with Crippen LogP contribution in [0.1, 0.15) is 24.0 Å². The number of carbonyl (C=O) groups excluding carboxylic acids is 2. The van der Waals surface area contributed by atoms with E-state index in [9.17, 15) is 9.59 Å². The van der Waals surface area contributed by atoms with Gasteiger partial charge in [-0.1, -0.05) is 12.1 Å². The lowest BCUT2D eigenvalue weighted by molar-refractivity contribution is -0.117. The second kappa shape index (κ2) is 7.55. The summed E-state index contributed by atoms with van der Waals surface area (Å²) in [6, 6.07) is 11.2. The quantitative estimate of drug-likeness (QED) is 0.804. The van der Waals surface area contributed by atoms with Crippen LogP contribution in [0.15, 0.2) is 54.9 Å². The number of hydrogen-bond acceptors (Lipinski definition) is 3. The first kappa shape index (κ1) is 15.9. The Morgan fingerprint density at radius 3 is 2.71 bits per heavy atom. The normalized spacial score (nSPS) is 13.7. The van der Waals surface area contributed by atoms with Gasteiger partial charge in [0.2, 0.25) is 11.8 Å². The summed E-state index contributed by atoms with van der Waals surface area (Å²) in [6.45, 7) is 0.409. The molecular formula is C19H19N3O2. The highest BCUT2D eigenvalue weighted by Crippen LogP contribution is 2.30. The van der Waals surface area contributed by atoms with E-state index in [0.717, 1.165) is 29.7 Å². The highest BCUT2D eigenvalue weighted by Gasteiger charge is 2.29. The van der Waals surface area contributed by atoms with E-state index in [0.29, 0.717) is 6.54 Å². The Morgan fingerprint density at radius 1 is 1.17 bits per heavy atom. The lowest BCUT2D eigenvalue weighted by atomic mass is 10.2. The number of anilines is 1. The zero-order valence-electron chi connectivity index (χ0n) is 13.2. The monoisotopic (exact) mass is 321 g/mol. The van der Waals surface area contributed by atoms with Crippen molar-refractivity contribution in [3.63, 3.8) is 0 Å². The van der Waals surface area contributed by atoms with Gasteiger partial charge in [-0.15, -0.1) is 0 Å². The molecule has 0 unspecified atom stereocenters. The van der Waals surface area contributed by atoms with Crippen molar-refractivity contribution in [2.45, 2.75) is 19.4 Å². The number of hydrogen-bond donors (Lipinski definition) is 2. The topological polar surface area (TPSA) is 71.1 Å². The smallest absolute Gasteiger partial charge is 0.244 e. The van der Waals surface area contributed by atoms with E-state index in [4.69, 9.17) is 0 Å². The summed E-state index contributed by atoms with van der Waals surface area (Å²) in [5, 5.41) is 5.74. The highest BCUT2D eigenvalue weighted by atomic mass is 16.2. The van der Waals surface area contributed by atoms with Gasteiger partial charge < -0.3 is 10.6 Å². The molecule has 0 bridgehead atoms. The number of nitrogens with zero attached hydrogens (tertiary/aromatic N) is 1. The third-order valence-corrected chi connectivity index (χ3v) is 3.74. The number of carbonyl (C=O) groups is 2. The van der Waals surface area contributed by atoms with Gasteiger partial charge >= 0.3 is 0 Å². The largest absolute Gasteiger partial charge is 0.348 e. The minimum absolute atomic E-state index is 0.0801. The molecule has 1 aromatic heterocycles. The first-order chi connectivity index (χ1) is 11.7. The molecular weight excluding hydrogens is 302 g/mol. The molecule has 1 fully saturated rings. The fourth-order valence-corrected chi connectivity index (χ4v) is 2.24. The van der Waals surface area contributed by atoms with Gasteiger partial charge in [0, 0.05) is 36.6 Å². The highest BCUT2D eigenvalue weighted by molar-refractivity contribution is 5.94. The van der Waals surface area contributed by atoms with E-state index in [2.05, 4.69) is 15.6 Å². The van der Waals surface area contributed by atoms with Crippen LogP contribution >= 0.6 is 0 Å². The molecule has 2 N–H and O–H groups in total. The van der Waals surface area contributed by atoms with Crippen molar-refractivity contribution < 1.29 is 9.59 Å². The van der Waals surface area contributed by atoms with E-state index < -0.39 is 0 Å². The molecule has 0 spiro atoms. The van der Waals surface area contributed by atoms with Gasteiger partial charge in [-0.05, 0) is 54.3 Å². The molecule has 1 aliphatic rings. The van der Waals surface area contributed by atoms with Crippen LogP contribution in [0.3, 0.4) is 0 Å². The van der Waals surface area contributed by atoms with E-state index in [1.807, 2.05) is 36.4 Å². The Labute approximate surface area is 140 Å². The molecule has 3 rings (SSSR count). The van der Waals surface area contributed by atoms with E-state index in [1.54, 1.807) is 18.5 Å². The minimum atomic E-state index is -0.167. The molecule has 0 saturated heterocycles. The van der Waals surface area contributed by atoms with Crippen molar-refractivity contribution in [2.24, 2.45) is 5.92 Å². The molecule has 0 aliphatic heterocycles. The fourth-order valence-electron chi connectivity index (χ4n) is 2.24. The Morgan fingerprint density at radius 2 is 1.96 bits per heavy atom. The zero-order chi connectivity index (χ0) is 16.8. The molecule has 24 heavy (non-hydrogen) atoms. The fraction of sp³-hybridized carbons (Fsp3) is 0.211. The summed E-state index contributed by atoms with van der Waals surface area (Å²) in [4.78, 5) is 27.6. The Balaban J connectivity index is 1.51. The van der Waals surface area contributed by atoms with Gasteiger partial charge in [0.15, 0.2) is 0 Å². The first-order valence-electron chi connectivity index (χ1n) is 7.96. The van der Waals surface area contributed by atoms with Crippen LogP contribution in [-0.4, -0.2) is 16.8 Å². The number of rotatable bonds is 6. The maximum absolute atomic E-state index is 11.9. The van der Waals surface area contributed by atoms with E-state index >= 15 is 0 Å². The van der Waals surface area contributed by atoms with Gasteiger partial charge in [0.1, 0.15) is 0 Å². The van der Waals surface area contributed by atoms with Crippen LogP contribution in [0, 0.1) is 5.92 Å². The molecule has 0 radical (unpaired) electrons. The molecule has 5 nitrogen and oxygen atoms in total. The zero-order valence-corrected chi connectivity index (χ0v) is 13.2. The van der Waals surface area contributed by atoms with Gasteiger partial charge in [0.05, 0.1) is 0 Å². The van der Waals surface area contributed by atoms with Crippen LogP contribution in [0.2, 0.25) is 0 Å². The van der Waals surface area contributed by atoms with Crippen LogP contribution in [0.5, 0.6) is 0 Å². The first-order valence-corrected chi connectivity index (χ1v) is 7.96. The maximum atomic E-state index is 11.9. The number of amides is 2. The van der Waals surface area contributed by atoms with Crippen molar-refractivity contribution >= 4 is 23.6 Å². The number of aromatic nitrogens is 1. The average Bonchev–Trinajstić information content (AvgIpc) is 3.44. The number of pyridine rings is 1. The van der Waals surface area contributed by atoms with Crippen molar-refractivity contribution in [3.8, 4) is 0 Å². The number of nitrogens with one attached hydrogen (secondary N) is 2. The Kier molecular flexibility index (Phi) is 5.01. The SMILES string of the molecule is O=C(/C=C/c1ccncc1)NCc1cccc(NC(=O)C2CC2)c1. The van der Waals surface area contributed by atoms with Gasteiger partial charge in [-0.2, -0.15) is 0 Å². The summed E-state index contributed by atoms with van der Waals surface area (Å²) < 4.78 is 0. The summed E-state index contributed by atoms with van der Waals surface area (Å²) >= 11 is 0. The molecule has 2 aromatic rings. The van der Waals surface area contributed by atoms with Crippen molar-refractivity contribution in [1.82, 2.24) is 10.3 Å².